The van der Waals surface area contributed by atoms with Crippen LogP contribution in [0, 0.1) is 17.8 Å². The molecule has 4 nitrogen and oxygen atoms in total. The number of alkyl halides is 2. The molecule has 2 fully saturated rings. The quantitative estimate of drug-likeness (QED) is 0.797. The molecule has 3 rings (SSSR count). The van der Waals surface area contributed by atoms with Gasteiger partial charge in [0.15, 0.2) is 11.5 Å². The zero-order valence-electron chi connectivity index (χ0n) is 14.6. The highest BCUT2D eigenvalue weighted by Gasteiger charge is 2.42. The summed E-state index contributed by atoms with van der Waals surface area (Å²) in [6.45, 7) is 1.17. The second-order valence-corrected chi connectivity index (χ2v) is 7.07. The smallest absolute Gasteiger partial charge is 0.387 e. The molecular formula is C19H25F2NO3. The molecule has 0 aliphatic heterocycles. The molecule has 1 aromatic rings. The Labute approximate surface area is 146 Å². The largest absolute Gasteiger partial charge is 0.490 e. The maximum atomic E-state index is 12.6. The lowest BCUT2D eigenvalue weighted by Crippen LogP contribution is -2.40. The van der Waals surface area contributed by atoms with Crippen LogP contribution in [0.5, 0.6) is 11.5 Å². The van der Waals surface area contributed by atoms with Gasteiger partial charge in [0, 0.05) is 11.6 Å². The summed E-state index contributed by atoms with van der Waals surface area (Å²) in [6, 6.07) is 4.41. The molecule has 0 spiro atoms. The lowest BCUT2D eigenvalue weighted by Gasteiger charge is -2.28. The Morgan fingerprint density at radius 1 is 1.28 bits per heavy atom. The monoisotopic (exact) mass is 353 g/mol. The first-order valence-electron chi connectivity index (χ1n) is 9.00. The Hall–Kier alpha value is -1.85. The number of rotatable bonds is 7. The molecule has 2 aliphatic carbocycles. The number of carbonyl (C=O) groups excluding carboxylic acids is 1. The molecule has 0 unspecified atom stereocenters. The molecule has 4 atom stereocenters. The van der Waals surface area contributed by atoms with Gasteiger partial charge >= 0.3 is 6.61 Å². The number of amides is 1. The summed E-state index contributed by atoms with van der Waals surface area (Å²) in [5, 5.41) is 3.07. The van der Waals surface area contributed by atoms with Gasteiger partial charge in [0.05, 0.1) is 6.61 Å². The Morgan fingerprint density at radius 3 is 2.68 bits per heavy atom. The van der Waals surface area contributed by atoms with Crippen molar-refractivity contribution in [2.75, 3.05) is 6.61 Å². The lowest BCUT2D eigenvalue weighted by atomic mass is 9.84. The summed E-state index contributed by atoms with van der Waals surface area (Å²) in [4.78, 5) is 12.6. The number of hydrogen-bond donors (Lipinski definition) is 1. The highest BCUT2D eigenvalue weighted by Crippen LogP contribution is 2.49. The maximum Gasteiger partial charge on any atom is 0.387 e. The molecule has 138 valence electrons. The maximum absolute atomic E-state index is 12.6. The van der Waals surface area contributed by atoms with Gasteiger partial charge in [-0.2, -0.15) is 8.78 Å². The van der Waals surface area contributed by atoms with Gasteiger partial charge < -0.3 is 14.8 Å². The second kappa shape index (κ2) is 7.58. The standard InChI is InChI=1S/C19H25F2NO3/c1-3-24-17-10-14(6-7-16(17)25-19(20)21)18(23)22-11(2)15-9-12-4-5-13(15)8-12/h6-7,10-13,15,19H,3-5,8-9H2,1-2H3,(H,22,23)/t11-,12-,13-,15-/m0/s1. The third-order valence-electron chi connectivity index (χ3n) is 5.52. The number of hydrogen-bond acceptors (Lipinski definition) is 3. The van der Waals surface area contributed by atoms with Crippen molar-refractivity contribution in [2.45, 2.75) is 52.2 Å². The highest BCUT2D eigenvalue weighted by atomic mass is 19.3. The summed E-state index contributed by atoms with van der Waals surface area (Å²) in [6.07, 6.45) is 5.07. The minimum Gasteiger partial charge on any atom is -0.490 e. The average Bonchev–Trinajstić information content (AvgIpc) is 3.19. The molecule has 2 saturated carbocycles. The number of halogens is 2. The minimum atomic E-state index is -2.93. The van der Waals surface area contributed by atoms with Crippen LogP contribution in [0.15, 0.2) is 18.2 Å². The number of nitrogens with one attached hydrogen (secondary N) is 1. The first-order chi connectivity index (χ1) is 12.0. The van der Waals surface area contributed by atoms with Crippen LogP contribution in [-0.4, -0.2) is 25.2 Å². The van der Waals surface area contributed by atoms with Crippen LogP contribution in [0.1, 0.15) is 49.9 Å². The molecule has 25 heavy (non-hydrogen) atoms. The topological polar surface area (TPSA) is 47.6 Å². The van der Waals surface area contributed by atoms with E-state index >= 15 is 0 Å². The van der Waals surface area contributed by atoms with Gasteiger partial charge in [0.1, 0.15) is 0 Å². The van der Waals surface area contributed by atoms with E-state index in [0.29, 0.717) is 18.1 Å². The highest BCUT2D eigenvalue weighted by molar-refractivity contribution is 5.95. The van der Waals surface area contributed by atoms with E-state index < -0.39 is 6.61 Å². The summed E-state index contributed by atoms with van der Waals surface area (Å²) >= 11 is 0. The van der Waals surface area contributed by atoms with Crippen LogP contribution in [0.4, 0.5) is 8.78 Å². The number of ether oxygens (including phenoxy) is 2. The van der Waals surface area contributed by atoms with E-state index in [1.54, 1.807) is 6.92 Å². The zero-order valence-corrected chi connectivity index (χ0v) is 14.6. The molecular weight excluding hydrogens is 328 g/mol. The number of benzene rings is 1. The van der Waals surface area contributed by atoms with Crippen molar-refractivity contribution in [1.82, 2.24) is 5.32 Å². The molecule has 2 bridgehead atoms. The molecule has 1 N–H and O–H groups in total. The van der Waals surface area contributed by atoms with Crippen LogP contribution in [0.2, 0.25) is 0 Å². The van der Waals surface area contributed by atoms with Crippen molar-refractivity contribution < 1.29 is 23.0 Å². The van der Waals surface area contributed by atoms with Crippen molar-refractivity contribution >= 4 is 5.91 Å². The predicted octanol–water partition coefficient (Wildman–Crippen LogP) is 4.24. The summed E-state index contributed by atoms with van der Waals surface area (Å²) < 4.78 is 34.7. The SMILES string of the molecule is CCOc1cc(C(=O)N[C@@H](C)[C@@H]2C[C@H]3CC[C@H]2C3)ccc1OC(F)F. The first kappa shape index (κ1) is 18.0. The van der Waals surface area contributed by atoms with E-state index in [4.69, 9.17) is 4.74 Å². The summed E-state index contributed by atoms with van der Waals surface area (Å²) in [5.74, 6) is 1.97. The molecule has 0 aromatic heterocycles. The number of fused-ring (bicyclic) bond motifs is 2. The molecule has 2 aliphatic rings. The summed E-state index contributed by atoms with van der Waals surface area (Å²) in [7, 11) is 0. The van der Waals surface area contributed by atoms with Gasteiger partial charge in [0.25, 0.3) is 5.91 Å². The van der Waals surface area contributed by atoms with Crippen LogP contribution in [0.25, 0.3) is 0 Å². The molecule has 0 radical (unpaired) electrons. The lowest BCUT2D eigenvalue weighted by molar-refractivity contribution is -0.0514. The van der Waals surface area contributed by atoms with Crippen LogP contribution < -0.4 is 14.8 Å². The zero-order chi connectivity index (χ0) is 18.0. The predicted molar refractivity (Wildman–Crippen MR) is 90.1 cm³/mol. The molecule has 0 heterocycles. The van der Waals surface area contributed by atoms with Gasteiger partial charge in [-0.3, -0.25) is 4.79 Å². The van der Waals surface area contributed by atoms with Gasteiger partial charge in [-0.1, -0.05) is 6.42 Å². The van der Waals surface area contributed by atoms with Crippen molar-refractivity contribution in [2.24, 2.45) is 17.8 Å². The van der Waals surface area contributed by atoms with E-state index in [-0.39, 0.29) is 23.4 Å². The van der Waals surface area contributed by atoms with Crippen molar-refractivity contribution in [1.29, 1.82) is 0 Å². The molecule has 0 saturated heterocycles. The molecule has 1 aromatic carbocycles. The van der Waals surface area contributed by atoms with Gasteiger partial charge in [-0.25, -0.2) is 0 Å². The van der Waals surface area contributed by atoms with Crippen LogP contribution in [0.3, 0.4) is 0 Å². The minimum absolute atomic E-state index is 0.0606. The first-order valence-corrected chi connectivity index (χ1v) is 9.00. The molecule has 6 heteroatoms. The number of carbonyl (C=O) groups is 1. The average molecular weight is 353 g/mol. The Kier molecular flexibility index (Phi) is 5.45. The fourth-order valence-corrected chi connectivity index (χ4v) is 4.41. The van der Waals surface area contributed by atoms with E-state index in [9.17, 15) is 13.6 Å². The third kappa shape index (κ3) is 4.05. The van der Waals surface area contributed by atoms with E-state index in [1.165, 1.54) is 43.9 Å². The van der Waals surface area contributed by atoms with E-state index in [0.717, 1.165) is 11.8 Å². The molecule has 1 amide bonds. The van der Waals surface area contributed by atoms with E-state index in [1.807, 2.05) is 0 Å². The summed E-state index contributed by atoms with van der Waals surface area (Å²) in [5.41, 5.74) is 0.389. The van der Waals surface area contributed by atoms with Crippen LogP contribution >= 0.6 is 0 Å². The van der Waals surface area contributed by atoms with Crippen molar-refractivity contribution in [3.8, 4) is 11.5 Å². The van der Waals surface area contributed by atoms with E-state index in [2.05, 4.69) is 17.0 Å². The van der Waals surface area contributed by atoms with Crippen molar-refractivity contribution in [3.05, 3.63) is 23.8 Å². The Balaban J connectivity index is 1.67. The third-order valence-corrected chi connectivity index (χ3v) is 5.52. The fourth-order valence-electron chi connectivity index (χ4n) is 4.41. The second-order valence-electron chi connectivity index (χ2n) is 7.07. The van der Waals surface area contributed by atoms with Gasteiger partial charge in [0.2, 0.25) is 0 Å². The normalized spacial score (nSPS) is 25.9. The van der Waals surface area contributed by atoms with Gasteiger partial charge in [-0.15, -0.1) is 0 Å². The van der Waals surface area contributed by atoms with Crippen LogP contribution in [-0.2, 0) is 0 Å². The Bertz CT molecular complexity index is 623. The van der Waals surface area contributed by atoms with Crippen molar-refractivity contribution in [3.63, 3.8) is 0 Å². The van der Waals surface area contributed by atoms with Gasteiger partial charge in [-0.05, 0) is 69.1 Å². The fraction of sp³-hybridized carbons (Fsp3) is 0.632. The Morgan fingerprint density at radius 2 is 2.08 bits per heavy atom.